The van der Waals surface area contributed by atoms with Gasteiger partial charge >= 0.3 is 0 Å². The van der Waals surface area contributed by atoms with Crippen LogP contribution in [0.25, 0.3) is 0 Å². The van der Waals surface area contributed by atoms with Gasteiger partial charge in [-0.05, 0) is 38.5 Å². The second-order valence-corrected chi connectivity index (χ2v) is 6.98. The number of benzene rings is 1. The van der Waals surface area contributed by atoms with Gasteiger partial charge in [0.05, 0.1) is 6.54 Å². The Kier molecular flexibility index (Phi) is 5.25. The van der Waals surface area contributed by atoms with E-state index in [1.165, 1.54) is 0 Å². The van der Waals surface area contributed by atoms with Crippen LogP contribution in [-0.2, 0) is 4.79 Å². The second-order valence-electron chi connectivity index (χ2n) is 6.54. The molecule has 0 spiro atoms. The summed E-state index contributed by atoms with van der Waals surface area (Å²) in [6.45, 7) is 9.00. The zero-order chi connectivity index (χ0) is 15.5. The lowest BCUT2D eigenvalue weighted by molar-refractivity contribution is -0.124. The molecule has 0 radical (unpaired) electrons. The summed E-state index contributed by atoms with van der Waals surface area (Å²) in [6.07, 6.45) is 0. The predicted molar refractivity (Wildman–Crippen MR) is 86.5 cm³/mol. The Labute approximate surface area is 131 Å². The summed E-state index contributed by atoms with van der Waals surface area (Å²) in [6, 6.07) is 8.06. The molecule has 2 N–H and O–H groups in total. The molecule has 1 aromatic carbocycles. The van der Waals surface area contributed by atoms with Crippen molar-refractivity contribution in [1.29, 1.82) is 0 Å². The standard InChI is InChI=1S/C16H24ClN3O/c1-16(2,3)19-15(21)11-20-8-7-18-10-14(20)12-5-4-6-13(17)9-12/h4-6,9,14,18H,7-8,10-11H2,1-3H3,(H,19,21). The molecule has 0 aliphatic carbocycles. The van der Waals surface area contributed by atoms with Gasteiger partial charge in [-0.15, -0.1) is 0 Å². The molecule has 2 rings (SSSR count). The Morgan fingerprint density at radius 3 is 2.90 bits per heavy atom. The SMILES string of the molecule is CC(C)(C)NC(=O)CN1CCNCC1c1cccc(Cl)c1. The highest BCUT2D eigenvalue weighted by molar-refractivity contribution is 6.30. The molecule has 1 heterocycles. The van der Waals surface area contributed by atoms with Crippen molar-refractivity contribution in [3.05, 3.63) is 34.9 Å². The van der Waals surface area contributed by atoms with Crippen molar-refractivity contribution < 1.29 is 4.79 Å². The number of rotatable bonds is 3. The molecule has 0 saturated carbocycles. The first kappa shape index (κ1) is 16.3. The van der Waals surface area contributed by atoms with E-state index in [1.54, 1.807) is 0 Å². The maximum absolute atomic E-state index is 12.2. The minimum atomic E-state index is -0.198. The van der Waals surface area contributed by atoms with Crippen LogP contribution in [0, 0.1) is 0 Å². The first-order valence-corrected chi connectivity index (χ1v) is 7.74. The van der Waals surface area contributed by atoms with Crippen LogP contribution < -0.4 is 10.6 Å². The lowest BCUT2D eigenvalue weighted by Gasteiger charge is -2.36. The molecule has 116 valence electrons. The Morgan fingerprint density at radius 2 is 2.24 bits per heavy atom. The second kappa shape index (κ2) is 6.77. The van der Waals surface area contributed by atoms with E-state index in [0.29, 0.717) is 6.54 Å². The number of hydrogen-bond acceptors (Lipinski definition) is 3. The van der Waals surface area contributed by atoms with Gasteiger partial charge in [-0.1, -0.05) is 23.7 Å². The van der Waals surface area contributed by atoms with Crippen LogP contribution in [-0.4, -0.2) is 42.5 Å². The fourth-order valence-electron chi connectivity index (χ4n) is 2.62. The molecule has 1 amide bonds. The maximum Gasteiger partial charge on any atom is 0.234 e. The van der Waals surface area contributed by atoms with Gasteiger partial charge in [0.15, 0.2) is 0 Å². The van der Waals surface area contributed by atoms with Crippen molar-refractivity contribution in [2.45, 2.75) is 32.4 Å². The molecule has 4 nitrogen and oxygen atoms in total. The van der Waals surface area contributed by atoms with E-state index < -0.39 is 0 Å². The van der Waals surface area contributed by atoms with E-state index in [4.69, 9.17) is 11.6 Å². The van der Waals surface area contributed by atoms with E-state index in [9.17, 15) is 4.79 Å². The van der Waals surface area contributed by atoms with Gasteiger partial charge in [0.1, 0.15) is 0 Å². The van der Waals surface area contributed by atoms with Gasteiger partial charge < -0.3 is 10.6 Å². The number of carbonyl (C=O) groups is 1. The fourth-order valence-corrected chi connectivity index (χ4v) is 2.82. The smallest absolute Gasteiger partial charge is 0.234 e. The molecule has 1 saturated heterocycles. The van der Waals surface area contributed by atoms with Crippen LogP contribution in [0.1, 0.15) is 32.4 Å². The molecular formula is C16H24ClN3O. The third-order valence-electron chi connectivity index (χ3n) is 3.45. The van der Waals surface area contributed by atoms with Crippen LogP contribution in [0.3, 0.4) is 0 Å². The van der Waals surface area contributed by atoms with Crippen LogP contribution in [0.15, 0.2) is 24.3 Å². The van der Waals surface area contributed by atoms with Gasteiger partial charge in [0.25, 0.3) is 0 Å². The summed E-state index contributed by atoms with van der Waals surface area (Å²) in [5.74, 6) is 0.0661. The Hall–Kier alpha value is -1.10. The van der Waals surface area contributed by atoms with E-state index in [-0.39, 0.29) is 17.5 Å². The molecule has 1 fully saturated rings. The molecule has 1 aromatic rings. The summed E-state index contributed by atoms with van der Waals surface area (Å²) in [5.41, 5.74) is 0.953. The minimum absolute atomic E-state index is 0.0661. The summed E-state index contributed by atoms with van der Waals surface area (Å²) in [4.78, 5) is 14.4. The minimum Gasteiger partial charge on any atom is -0.350 e. The molecule has 1 unspecified atom stereocenters. The summed E-state index contributed by atoms with van der Waals surface area (Å²) in [7, 11) is 0. The first-order chi connectivity index (χ1) is 9.85. The highest BCUT2D eigenvalue weighted by Gasteiger charge is 2.26. The van der Waals surface area contributed by atoms with Crippen molar-refractivity contribution in [2.24, 2.45) is 0 Å². The average Bonchev–Trinajstić information content (AvgIpc) is 2.37. The average molecular weight is 310 g/mol. The van der Waals surface area contributed by atoms with E-state index in [2.05, 4.69) is 21.6 Å². The first-order valence-electron chi connectivity index (χ1n) is 7.36. The number of carbonyl (C=O) groups excluding carboxylic acids is 1. The molecule has 1 aliphatic heterocycles. The van der Waals surface area contributed by atoms with Crippen molar-refractivity contribution in [2.75, 3.05) is 26.2 Å². The number of piperazine rings is 1. The van der Waals surface area contributed by atoms with Crippen molar-refractivity contribution in [1.82, 2.24) is 15.5 Å². The molecule has 1 atom stereocenters. The van der Waals surface area contributed by atoms with Crippen LogP contribution >= 0.6 is 11.6 Å². The summed E-state index contributed by atoms with van der Waals surface area (Å²) < 4.78 is 0. The van der Waals surface area contributed by atoms with Crippen LogP contribution in [0.2, 0.25) is 5.02 Å². The van der Waals surface area contributed by atoms with E-state index >= 15 is 0 Å². The predicted octanol–water partition coefficient (Wildman–Crippen LogP) is 2.20. The number of halogens is 1. The molecule has 5 heteroatoms. The third kappa shape index (κ3) is 4.99. The topological polar surface area (TPSA) is 44.4 Å². The molecule has 0 aromatic heterocycles. The lowest BCUT2D eigenvalue weighted by Crippen LogP contribution is -2.51. The van der Waals surface area contributed by atoms with Crippen LogP contribution in [0.4, 0.5) is 0 Å². The summed E-state index contributed by atoms with van der Waals surface area (Å²) >= 11 is 6.09. The third-order valence-corrected chi connectivity index (χ3v) is 3.68. The highest BCUT2D eigenvalue weighted by Crippen LogP contribution is 2.24. The number of hydrogen-bond donors (Lipinski definition) is 2. The number of nitrogens with zero attached hydrogens (tertiary/aromatic N) is 1. The fraction of sp³-hybridized carbons (Fsp3) is 0.562. The zero-order valence-corrected chi connectivity index (χ0v) is 13.7. The van der Waals surface area contributed by atoms with Crippen molar-refractivity contribution >= 4 is 17.5 Å². The van der Waals surface area contributed by atoms with Gasteiger partial charge in [0, 0.05) is 36.2 Å². The Bertz CT molecular complexity index is 499. The normalized spacial score (nSPS) is 20.3. The van der Waals surface area contributed by atoms with Crippen molar-refractivity contribution in [3.8, 4) is 0 Å². The Balaban J connectivity index is 2.07. The number of amides is 1. The van der Waals surface area contributed by atoms with Gasteiger partial charge in [0.2, 0.25) is 5.91 Å². The van der Waals surface area contributed by atoms with Crippen molar-refractivity contribution in [3.63, 3.8) is 0 Å². The van der Waals surface area contributed by atoms with Gasteiger partial charge in [-0.3, -0.25) is 9.69 Å². The molecular weight excluding hydrogens is 286 g/mol. The van der Waals surface area contributed by atoms with E-state index in [0.717, 1.165) is 30.2 Å². The lowest BCUT2D eigenvalue weighted by atomic mass is 10.0. The van der Waals surface area contributed by atoms with Crippen LogP contribution in [0.5, 0.6) is 0 Å². The molecule has 1 aliphatic rings. The quantitative estimate of drug-likeness (QED) is 0.900. The maximum atomic E-state index is 12.2. The highest BCUT2D eigenvalue weighted by atomic mass is 35.5. The monoisotopic (exact) mass is 309 g/mol. The molecule has 21 heavy (non-hydrogen) atoms. The van der Waals surface area contributed by atoms with E-state index in [1.807, 2.05) is 39.0 Å². The number of nitrogens with one attached hydrogen (secondary N) is 2. The zero-order valence-electron chi connectivity index (χ0n) is 12.9. The van der Waals surface area contributed by atoms with Gasteiger partial charge in [-0.25, -0.2) is 0 Å². The largest absolute Gasteiger partial charge is 0.350 e. The van der Waals surface area contributed by atoms with Gasteiger partial charge in [-0.2, -0.15) is 0 Å². The Morgan fingerprint density at radius 1 is 1.48 bits per heavy atom. The summed E-state index contributed by atoms with van der Waals surface area (Å²) in [5, 5.41) is 7.14. The molecule has 0 bridgehead atoms.